The fraction of sp³-hybridized carbons (Fsp3) is 0.273. The molecule has 2 aromatic carbocycles. The summed E-state index contributed by atoms with van der Waals surface area (Å²) in [5.74, 6) is 1.92. The second kappa shape index (κ2) is 8.86. The molecule has 3 aromatic rings. The maximum atomic E-state index is 13.1. The van der Waals surface area contributed by atoms with Crippen LogP contribution in [0.5, 0.6) is 5.75 Å². The highest BCUT2D eigenvalue weighted by atomic mass is 19.1. The molecule has 2 heterocycles. The number of nitrogen functional groups attached to an aromatic ring is 1. The summed E-state index contributed by atoms with van der Waals surface area (Å²) in [5, 5.41) is 3.23. The molecule has 156 valence electrons. The lowest BCUT2D eigenvalue weighted by Crippen LogP contribution is -2.47. The molecule has 0 bridgehead atoms. The van der Waals surface area contributed by atoms with Crippen molar-refractivity contribution in [2.45, 2.75) is 6.54 Å². The molecule has 1 fully saturated rings. The molecule has 7 nitrogen and oxygen atoms in total. The lowest BCUT2D eigenvalue weighted by molar-refractivity contribution is 0.415. The molecule has 1 saturated heterocycles. The number of ether oxygens (including phenoxy) is 1. The number of hydrogen-bond donors (Lipinski definition) is 2. The first kappa shape index (κ1) is 19.8. The molecule has 0 atom stereocenters. The Bertz CT molecular complexity index is 972. The summed E-state index contributed by atoms with van der Waals surface area (Å²) in [5.41, 5.74) is 9.01. The van der Waals surface area contributed by atoms with Gasteiger partial charge in [-0.15, -0.1) is 0 Å². The molecular formula is C22H25FN6O. The van der Waals surface area contributed by atoms with Crippen molar-refractivity contribution >= 4 is 23.0 Å². The minimum Gasteiger partial charge on any atom is -0.497 e. The highest BCUT2D eigenvalue weighted by molar-refractivity contribution is 5.75. The van der Waals surface area contributed by atoms with Crippen molar-refractivity contribution in [2.24, 2.45) is 0 Å². The molecule has 1 aliphatic heterocycles. The zero-order chi connectivity index (χ0) is 20.9. The molecule has 0 spiro atoms. The number of methoxy groups -OCH3 is 1. The molecule has 0 aliphatic carbocycles. The smallest absolute Gasteiger partial charge is 0.157 e. The van der Waals surface area contributed by atoms with E-state index in [4.69, 9.17) is 10.5 Å². The Morgan fingerprint density at radius 2 is 1.63 bits per heavy atom. The first-order chi connectivity index (χ1) is 14.6. The Labute approximate surface area is 175 Å². The van der Waals surface area contributed by atoms with Gasteiger partial charge in [0.1, 0.15) is 23.6 Å². The van der Waals surface area contributed by atoms with Crippen LogP contribution in [0.15, 0.2) is 54.9 Å². The number of anilines is 4. The normalized spacial score (nSPS) is 13.9. The Morgan fingerprint density at radius 1 is 0.967 bits per heavy atom. The van der Waals surface area contributed by atoms with Crippen LogP contribution in [0.3, 0.4) is 0 Å². The third-order valence-corrected chi connectivity index (χ3v) is 5.25. The highest BCUT2D eigenvalue weighted by Crippen LogP contribution is 2.28. The van der Waals surface area contributed by atoms with Gasteiger partial charge < -0.3 is 25.6 Å². The number of nitrogens with one attached hydrogen (secondary N) is 1. The van der Waals surface area contributed by atoms with E-state index in [0.29, 0.717) is 18.1 Å². The van der Waals surface area contributed by atoms with Gasteiger partial charge in [-0.2, -0.15) is 0 Å². The molecule has 0 unspecified atom stereocenters. The van der Waals surface area contributed by atoms with E-state index >= 15 is 0 Å². The van der Waals surface area contributed by atoms with Crippen molar-refractivity contribution in [3.63, 3.8) is 0 Å². The van der Waals surface area contributed by atoms with Crippen molar-refractivity contribution in [1.82, 2.24) is 9.97 Å². The molecule has 3 N–H and O–H groups in total. The minimum absolute atomic E-state index is 0.253. The molecule has 8 heteroatoms. The monoisotopic (exact) mass is 408 g/mol. The van der Waals surface area contributed by atoms with Crippen LogP contribution in [0.2, 0.25) is 0 Å². The zero-order valence-electron chi connectivity index (χ0n) is 16.9. The van der Waals surface area contributed by atoms with Crippen LogP contribution in [0.4, 0.5) is 27.4 Å². The lowest BCUT2D eigenvalue weighted by Gasteiger charge is -2.37. The van der Waals surface area contributed by atoms with E-state index in [0.717, 1.165) is 43.3 Å². The SMILES string of the molecule is COc1ccc(N2CCN(c3ncnc(NCc4ccc(F)cc4)c3N)CC2)cc1. The quantitative estimate of drug-likeness (QED) is 0.649. The summed E-state index contributed by atoms with van der Waals surface area (Å²) in [6.45, 7) is 3.86. The second-order valence-corrected chi connectivity index (χ2v) is 7.11. The van der Waals surface area contributed by atoms with Crippen molar-refractivity contribution in [3.8, 4) is 5.75 Å². The predicted octanol–water partition coefficient (Wildman–Crippen LogP) is 3.15. The molecule has 4 rings (SSSR count). The number of hydrogen-bond acceptors (Lipinski definition) is 7. The van der Waals surface area contributed by atoms with Crippen molar-refractivity contribution in [3.05, 3.63) is 66.2 Å². The summed E-state index contributed by atoms with van der Waals surface area (Å²) < 4.78 is 18.3. The molecule has 30 heavy (non-hydrogen) atoms. The maximum Gasteiger partial charge on any atom is 0.157 e. The van der Waals surface area contributed by atoms with E-state index in [9.17, 15) is 4.39 Å². The molecular weight excluding hydrogens is 383 g/mol. The van der Waals surface area contributed by atoms with Crippen LogP contribution in [-0.2, 0) is 6.54 Å². The Hall–Kier alpha value is -3.55. The van der Waals surface area contributed by atoms with Crippen molar-refractivity contribution in [2.75, 3.05) is 54.1 Å². The Morgan fingerprint density at radius 3 is 2.30 bits per heavy atom. The maximum absolute atomic E-state index is 13.1. The van der Waals surface area contributed by atoms with Gasteiger partial charge in [0.05, 0.1) is 7.11 Å². The second-order valence-electron chi connectivity index (χ2n) is 7.11. The van der Waals surface area contributed by atoms with Crippen molar-refractivity contribution in [1.29, 1.82) is 0 Å². The standard InChI is InChI=1S/C22H25FN6O/c1-30-19-8-6-18(7-9-19)28-10-12-29(13-11-28)22-20(24)21(26-15-27-22)25-14-16-2-4-17(23)5-3-16/h2-9,15H,10-14,24H2,1H3,(H,25,26,27). The van der Waals surface area contributed by atoms with E-state index in [1.54, 1.807) is 19.2 Å². The molecule has 0 saturated carbocycles. The molecule has 1 aromatic heterocycles. The summed E-state index contributed by atoms with van der Waals surface area (Å²) in [6.07, 6.45) is 1.52. The van der Waals surface area contributed by atoms with Gasteiger partial charge in [0.15, 0.2) is 11.6 Å². The van der Waals surface area contributed by atoms with E-state index < -0.39 is 0 Å². The van der Waals surface area contributed by atoms with Crippen LogP contribution in [-0.4, -0.2) is 43.3 Å². The summed E-state index contributed by atoms with van der Waals surface area (Å²) in [4.78, 5) is 13.2. The van der Waals surface area contributed by atoms with Crippen molar-refractivity contribution < 1.29 is 9.13 Å². The highest BCUT2D eigenvalue weighted by Gasteiger charge is 2.21. The van der Waals surface area contributed by atoms with Gasteiger partial charge in [0.25, 0.3) is 0 Å². The first-order valence-corrected chi connectivity index (χ1v) is 9.87. The number of nitrogens with two attached hydrogens (primary N) is 1. The van der Waals surface area contributed by atoms with Gasteiger partial charge in [-0.25, -0.2) is 14.4 Å². The van der Waals surface area contributed by atoms with Gasteiger partial charge in [0.2, 0.25) is 0 Å². The fourth-order valence-corrected chi connectivity index (χ4v) is 3.54. The number of aromatic nitrogens is 2. The van der Waals surface area contributed by atoms with Gasteiger partial charge >= 0.3 is 0 Å². The molecule has 1 aliphatic rings. The summed E-state index contributed by atoms with van der Waals surface area (Å²) in [7, 11) is 1.67. The molecule has 0 radical (unpaired) electrons. The number of halogens is 1. The van der Waals surface area contributed by atoms with E-state index in [1.807, 2.05) is 12.1 Å². The van der Waals surface area contributed by atoms with E-state index in [-0.39, 0.29) is 5.82 Å². The summed E-state index contributed by atoms with van der Waals surface area (Å²) >= 11 is 0. The largest absolute Gasteiger partial charge is 0.497 e. The fourth-order valence-electron chi connectivity index (χ4n) is 3.54. The van der Waals surface area contributed by atoms with Gasteiger partial charge in [0, 0.05) is 38.4 Å². The average molecular weight is 408 g/mol. The van der Waals surface area contributed by atoms with Crippen LogP contribution < -0.4 is 25.6 Å². The predicted molar refractivity (Wildman–Crippen MR) is 118 cm³/mol. The van der Waals surface area contributed by atoms with Gasteiger partial charge in [-0.3, -0.25) is 0 Å². The summed E-state index contributed by atoms with van der Waals surface area (Å²) in [6, 6.07) is 14.4. The van der Waals surface area contributed by atoms with Gasteiger partial charge in [-0.05, 0) is 42.0 Å². The van der Waals surface area contributed by atoms with Crippen LogP contribution in [0, 0.1) is 5.82 Å². The topological polar surface area (TPSA) is 79.5 Å². The van der Waals surface area contributed by atoms with Crippen LogP contribution in [0.25, 0.3) is 0 Å². The molecule has 0 amide bonds. The number of piperazine rings is 1. The van der Waals surface area contributed by atoms with E-state index in [1.165, 1.54) is 24.1 Å². The Balaban J connectivity index is 1.39. The third kappa shape index (κ3) is 4.37. The number of rotatable bonds is 6. The first-order valence-electron chi connectivity index (χ1n) is 9.87. The van der Waals surface area contributed by atoms with Gasteiger partial charge in [-0.1, -0.05) is 12.1 Å². The number of benzene rings is 2. The van der Waals surface area contributed by atoms with Crippen LogP contribution >= 0.6 is 0 Å². The average Bonchev–Trinajstić information content (AvgIpc) is 2.80. The van der Waals surface area contributed by atoms with E-state index in [2.05, 4.69) is 37.2 Å². The minimum atomic E-state index is -0.253. The number of nitrogens with zero attached hydrogens (tertiary/aromatic N) is 4. The zero-order valence-corrected chi connectivity index (χ0v) is 16.9. The lowest BCUT2D eigenvalue weighted by atomic mass is 10.2. The third-order valence-electron chi connectivity index (χ3n) is 5.25. The van der Waals surface area contributed by atoms with Crippen LogP contribution in [0.1, 0.15) is 5.56 Å². The Kier molecular flexibility index (Phi) is 5.83.